The number of ketones is 1. The third-order valence-electron chi connectivity index (χ3n) is 1.88. The molecule has 0 unspecified atom stereocenters. The molecule has 1 aromatic rings. The molecule has 1 aromatic heterocycles. The van der Waals surface area contributed by atoms with Crippen LogP contribution >= 0.6 is 27.3 Å². The average molecular weight is 305 g/mol. The van der Waals surface area contributed by atoms with Crippen molar-refractivity contribution in [2.45, 2.75) is 26.9 Å². The van der Waals surface area contributed by atoms with Crippen LogP contribution in [0.25, 0.3) is 0 Å². The molecule has 1 heterocycles. The quantitative estimate of drug-likeness (QED) is 0.487. The second kappa shape index (κ2) is 5.59. The molecule has 0 amide bonds. The standard InChI is InChI=1S/C11H13BrO3S/c1-6(2)15-11(14)10-4-8(7(3)16-10)9(13)5-12/h4,6H,5H2,1-3H3. The second-order valence-electron chi connectivity index (χ2n) is 3.59. The van der Waals surface area contributed by atoms with Crippen molar-refractivity contribution < 1.29 is 14.3 Å². The van der Waals surface area contributed by atoms with Crippen molar-refractivity contribution in [3.8, 4) is 0 Å². The van der Waals surface area contributed by atoms with E-state index < -0.39 is 0 Å². The number of esters is 1. The van der Waals surface area contributed by atoms with Crippen LogP contribution in [0.3, 0.4) is 0 Å². The summed E-state index contributed by atoms with van der Waals surface area (Å²) in [6.45, 7) is 5.42. The van der Waals surface area contributed by atoms with E-state index in [4.69, 9.17) is 4.74 Å². The lowest BCUT2D eigenvalue weighted by Gasteiger charge is -2.05. The Bertz CT molecular complexity index is 409. The van der Waals surface area contributed by atoms with Crippen LogP contribution < -0.4 is 0 Å². The third-order valence-corrected chi connectivity index (χ3v) is 3.42. The SMILES string of the molecule is Cc1sc(C(=O)OC(C)C)cc1C(=O)CBr. The number of aryl methyl sites for hydroxylation is 1. The molecule has 0 N–H and O–H groups in total. The minimum absolute atomic E-state index is 0.0163. The van der Waals surface area contributed by atoms with Crippen LogP contribution in [0.5, 0.6) is 0 Å². The van der Waals surface area contributed by atoms with E-state index in [1.54, 1.807) is 19.9 Å². The van der Waals surface area contributed by atoms with Gasteiger partial charge in [-0.25, -0.2) is 4.79 Å². The number of thiophene rings is 1. The Morgan fingerprint density at radius 1 is 1.50 bits per heavy atom. The van der Waals surface area contributed by atoms with Gasteiger partial charge >= 0.3 is 5.97 Å². The zero-order valence-electron chi connectivity index (χ0n) is 9.37. The summed E-state index contributed by atoms with van der Waals surface area (Å²) in [6, 6.07) is 1.61. The summed E-state index contributed by atoms with van der Waals surface area (Å²) in [5, 5.41) is 0.267. The molecule has 0 atom stereocenters. The van der Waals surface area contributed by atoms with Crippen LogP contribution in [-0.2, 0) is 4.74 Å². The van der Waals surface area contributed by atoms with Crippen LogP contribution in [0.15, 0.2) is 6.07 Å². The molecule has 3 nitrogen and oxygen atoms in total. The molecule has 0 bridgehead atoms. The number of carbonyl (C=O) groups excluding carboxylic acids is 2. The van der Waals surface area contributed by atoms with Crippen LogP contribution in [0, 0.1) is 6.92 Å². The predicted molar refractivity (Wildman–Crippen MR) is 67.7 cm³/mol. The molecule has 16 heavy (non-hydrogen) atoms. The molecule has 0 aliphatic heterocycles. The molecule has 88 valence electrons. The van der Waals surface area contributed by atoms with Gasteiger partial charge in [0, 0.05) is 10.4 Å². The highest BCUT2D eigenvalue weighted by atomic mass is 79.9. The van der Waals surface area contributed by atoms with Crippen molar-refractivity contribution in [1.82, 2.24) is 0 Å². The van der Waals surface area contributed by atoms with Crippen LogP contribution in [0.1, 0.15) is 38.8 Å². The number of alkyl halides is 1. The molecule has 0 aliphatic rings. The molecule has 1 rings (SSSR count). The predicted octanol–water partition coefficient (Wildman–Crippen LogP) is 3.20. The Morgan fingerprint density at radius 2 is 2.12 bits per heavy atom. The Kier molecular flexibility index (Phi) is 4.68. The summed E-state index contributed by atoms with van der Waals surface area (Å²) < 4.78 is 5.07. The van der Waals surface area contributed by atoms with Gasteiger partial charge in [0.2, 0.25) is 0 Å². The molecular formula is C11H13BrO3S. The summed E-state index contributed by atoms with van der Waals surface area (Å²) in [6.07, 6.45) is -0.148. The Hall–Kier alpha value is -0.680. The Labute approximate surface area is 107 Å². The molecule has 0 fully saturated rings. The van der Waals surface area contributed by atoms with Crippen LogP contribution in [-0.4, -0.2) is 23.2 Å². The first kappa shape index (κ1) is 13.4. The molecular weight excluding hydrogens is 292 g/mol. The highest BCUT2D eigenvalue weighted by Crippen LogP contribution is 2.23. The molecule has 0 radical (unpaired) electrons. The fourth-order valence-corrected chi connectivity index (χ4v) is 2.43. The lowest BCUT2D eigenvalue weighted by atomic mass is 10.2. The number of halogens is 1. The van der Waals surface area contributed by atoms with Gasteiger partial charge in [-0.2, -0.15) is 0 Å². The first-order chi connectivity index (χ1) is 7.45. The molecule has 0 aliphatic carbocycles. The molecule has 5 heteroatoms. The third kappa shape index (κ3) is 3.15. The number of Topliss-reactive ketones (excluding diaryl/α,β-unsaturated/α-hetero) is 1. The van der Waals surface area contributed by atoms with Gasteiger partial charge in [0.25, 0.3) is 0 Å². The number of ether oxygens (including phenoxy) is 1. The van der Waals surface area contributed by atoms with E-state index in [0.29, 0.717) is 10.4 Å². The van der Waals surface area contributed by atoms with E-state index in [9.17, 15) is 9.59 Å². The minimum Gasteiger partial charge on any atom is -0.459 e. The van der Waals surface area contributed by atoms with E-state index in [1.165, 1.54) is 11.3 Å². The van der Waals surface area contributed by atoms with Crippen LogP contribution in [0.2, 0.25) is 0 Å². The Morgan fingerprint density at radius 3 is 2.62 bits per heavy atom. The summed E-state index contributed by atoms with van der Waals surface area (Å²) in [4.78, 5) is 24.4. The zero-order valence-corrected chi connectivity index (χ0v) is 11.8. The maximum atomic E-state index is 11.6. The van der Waals surface area contributed by atoms with Crippen LogP contribution in [0.4, 0.5) is 0 Å². The van der Waals surface area contributed by atoms with Crippen molar-refractivity contribution >= 4 is 39.0 Å². The summed E-state index contributed by atoms with van der Waals surface area (Å²) in [7, 11) is 0. The normalized spacial score (nSPS) is 10.6. The van der Waals surface area contributed by atoms with Gasteiger partial charge in [-0.1, -0.05) is 15.9 Å². The lowest BCUT2D eigenvalue weighted by Crippen LogP contribution is -2.10. The zero-order chi connectivity index (χ0) is 12.3. The highest BCUT2D eigenvalue weighted by molar-refractivity contribution is 9.09. The van der Waals surface area contributed by atoms with Crippen molar-refractivity contribution in [3.63, 3.8) is 0 Å². The summed E-state index contributed by atoms with van der Waals surface area (Å²) >= 11 is 4.40. The number of hydrogen-bond acceptors (Lipinski definition) is 4. The van der Waals surface area contributed by atoms with E-state index in [2.05, 4.69) is 15.9 Å². The van der Waals surface area contributed by atoms with Gasteiger partial charge in [0.05, 0.1) is 11.4 Å². The number of carbonyl (C=O) groups is 2. The van der Waals surface area contributed by atoms with Gasteiger partial charge in [0.1, 0.15) is 4.88 Å². The lowest BCUT2D eigenvalue weighted by molar-refractivity contribution is 0.0384. The van der Waals surface area contributed by atoms with Gasteiger partial charge < -0.3 is 4.74 Å². The summed E-state index contributed by atoms with van der Waals surface area (Å²) in [5.74, 6) is -0.380. The largest absolute Gasteiger partial charge is 0.459 e. The van der Waals surface area contributed by atoms with Crippen molar-refractivity contribution in [1.29, 1.82) is 0 Å². The second-order valence-corrected chi connectivity index (χ2v) is 5.41. The van der Waals surface area contributed by atoms with Gasteiger partial charge in [0.15, 0.2) is 5.78 Å². The van der Waals surface area contributed by atoms with E-state index in [-0.39, 0.29) is 23.2 Å². The summed E-state index contributed by atoms with van der Waals surface area (Å²) in [5.41, 5.74) is 0.595. The van der Waals surface area contributed by atoms with Crippen molar-refractivity contribution in [2.24, 2.45) is 0 Å². The molecule has 0 saturated carbocycles. The topological polar surface area (TPSA) is 43.4 Å². The van der Waals surface area contributed by atoms with E-state index in [1.807, 2.05) is 6.92 Å². The molecule has 0 saturated heterocycles. The fourth-order valence-electron chi connectivity index (χ4n) is 1.20. The Balaban J connectivity index is 2.92. The first-order valence-corrected chi connectivity index (χ1v) is 6.80. The first-order valence-electron chi connectivity index (χ1n) is 4.86. The van der Waals surface area contributed by atoms with Crippen molar-refractivity contribution in [3.05, 3.63) is 21.4 Å². The van der Waals surface area contributed by atoms with Crippen molar-refractivity contribution in [2.75, 3.05) is 5.33 Å². The number of rotatable bonds is 4. The minimum atomic E-state index is -0.364. The smallest absolute Gasteiger partial charge is 0.348 e. The highest BCUT2D eigenvalue weighted by Gasteiger charge is 2.17. The molecule has 0 spiro atoms. The monoisotopic (exact) mass is 304 g/mol. The van der Waals surface area contributed by atoms with Gasteiger partial charge in [-0.05, 0) is 26.8 Å². The fraction of sp³-hybridized carbons (Fsp3) is 0.455. The van der Waals surface area contributed by atoms with Gasteiger partial charge in [-0.3, -0.25) is 4.79 Å². The van der Waals surface area contributed by atoms with E-state index >= 15 is 0 Å². The molecule has 0 aromatic carbocycles. The average Bonchev–Trinajstić information content (AvgIpc) is 2.58. The van der Waals surface area contributed by atoms with E-state index in [0.717, 1.165) is 4.88 Å². The maximum absolute atomic E-state index is 11.6. The number of hydrogen-bond donors (Lipinski definition) is 0. The van der Waals surface area contributed by atoms with Gasteiger partial charge in [-0.15, -0.1) is 11.3 Å². The maximum Gasteiger partial charge on any atom is 0.348 e.